The Hall–Kier alpha value is -3.97. The fraction of sp³-hybridized carbons (Fsp3) is 0.488. The van der Waals surface area contributed by atoms with Gasteiger partial charge in [0, 0.05) is 69.3 Å². The highest BCUT2D eigenvalue weighted by Gasteiger charge is 2.51. The number of fused-ring (bicyclic) bond motifs is 1. The van der Waals surface area contributed by atoms with E-state index in [9.17, 15) is 9.59 Å². The van der Waals surface area contributed by atoms with Crippen LogP contribution in [-0.2, 0) is 16.0 Å². The molecule has 4 bridgehead atoms. The van der Waals surface area contributed by atoms with E-state index in [1.54, 1.807) is 0 Å². The van der Waals surface area contributed by atoms with Crippen LogP contribution in [0.4, 0.5) is 0 Å². The molecule has 4 aliphatic carbocycles. The zero-order valence-electron chi connectivity index (χ0n) is 28.3. The molecule has 5 fully saturated rings. The van der Waals surface area contributed by atoms with Crippen LogP contribution in [0.2, 0.25) is 0 Å². The van der Waals surface area contributed by atoms with Crippen molar-refractivity contribution >= 4 is 22.8 Å². The van der Waals surface area contributed by atoms with E-state index in [0.717, 1.165) is 84.8 Å². The van der Waals surface area contributed by atoms with Crippen molar-refractivity contribution in [2.75, 3.05) is 39.3 Å². The summed E-state index contributed by atoms with van der Waals surface area (Å²) in [5.41, 5.74) is 7.98. The van der Waals surface area contributed by atoms with Crippen LogP contribution in [0.15, 0.2) is 66.9 Å². The van der Waals surface area contributed by atoms with E-state index in [-0.39, 0.29) is 5.91 Å². The first-order chi connectivity index (χ1) is 23.4. The van der Waals surface area contributed by atoms with E-state index in [2.05, 4.69) is 80.5 Å². The standard InChI is InChI=1S/C41H49N5O2/c1-28-9-10-34(36(20-28)32-6-3-2-4-7-32)39-33(35-8-5-13-43-40(35)44-39)11-12-37(47)42-14-15-45-16-18-46(19-17-45)38(48)27-41-24-29-21-30(25-41)23-31(22-29)26-41/h2-10,13,20,29-31H,11-12,14-19,21-27H2,1H3,(H,42,47)(H,43,44). The van der Waals surface area contributed by atoms with Crippen molar-refractivity contribution in [3.63, 3.8) is 0 Å². The van der Waals surface area contributed by atoms with Crippen molar-refractivity contribution in [2.24, 2.45) is 23.2 Å². The van der Waals surface area contributed by atoms with Gasteiger partial charge in [-0.3, -0.25) is 14.5 Å². The van der Waals surface area contributed by atoms with Crippen LogP contribution in [0.25, 0.3) is 33.4 Å². The lowest BCUT2D eigenvalue weighted by Crippen LogP contribution is -2.52. The average molecular weight is 644 g/mol. The quantitative estimate of drug-likeness (QED) is 0.195. The largest absolute Gasteiger partial charge is 0.355 e. The molecule has 1 saturated heterocycles. The molecule has 2 amide bonds. The molecule has 2 N–H and O–H groups in total. The van der Waals surface area contributed by atoms with Crippen LogP contribution in [-0.4, -0.2) is 70.9 Å². The zero-order valence-corrected chi connectivity index (χ0v) is 28.3. The van der Waals surface area contributed by atoms with Crippen LogP contribution in [0.3, 0.4) is 0 Å². The van der Waals surface area contributed by atoms with Crippen molar-refractivity contribution in [1.82, 2.24) is 25.1 Å². The molecule has 7 heteroatoms. The lowest BCUT2D eigenvalue weighted by Gasteiger charge is -2.57. The molecule has 9 rings (SSSR count). The first-order valence-corrected chi connectivity index (χ1v) is 18.3. The molecule has 4 saturated carbocycles. The summed E-state index contributed by atoms with van der Waals surface area (Å²) in [6, 6.07) is 21.1. The smallest absolute Gasteiger partial charge is 0.223 e. The molecule has 2 aromatic carbocycles. The first-order valence-electron chi connectivity index (χ1n) is 18.3. The number of aromatic nitrogens is 2. The third kappa shape index (κ3) is 6.41. The van der Waals surface area contributed by atoms with E-state index >= 15 is 0 Å². The fourth-order valence-electron chi connectivity index (χ4n) is 10.1. The minimum atomic E-state index is 0.0655. The molecule has 1 aliphatic heterocycles. The monoisotopic (exact) mass is 643 g/mol. The summed E-state index contributed by atoms with van der Waals surface area (Å²) < 4.78 is 0. The lowest BCUT2D eigenvalue weighted by molar-refractivity contribution is -0.141. The van der Waals surface area contributed by atoms with E-state index in [4.69, 9.17) is 0 Å². The summed E-state index contributed by atoms with van der Waals surface area (Å²) >= 11 is 0. The second kappa shape index (κ2) is 13.1. The normalized spacial score (nSPS) is 25.1. The average Bonchev–Trinajstić information content (AvgIpc) is 3.45. The first kappa shape index (κ1) is 31.3. The number of nitrogens with one attached hydrogen (secondary N) is 2. The number of benzene rings is 2. The molecule has 0 radical (unpaired) electrons. The van der Waals surface area contributed by atoms with E-state index in [1.165, 1.54) is 55.2 Å². The summed E-state index contributed by atoms with van der Waals surface area (Å²) in [4.78, 5) is 39.3. The van der Waals surface area contributed by atoms with Crippen molar-refractivity contribution < 1.29 is 9.59 Å². The highest BCUT2D eigenvalue weighted by Crippen LogP contribution is 2.61. The number of hydrogen-bond donors (Lipinski definition) is 2. The second-order valence-electron chi connectivity index (χ2n) is 15.5. The number of aryl methyl sites for hydroxylation is 2. The molecule has 48 heavy (non-hydrogen) atoms. The Balaban J connectivity index is 0.848. The van der Waals surface area contributed by atoms with Crippen molar-refractivity contribution in [1.29, 1.82) is 0 Å². The number of carbonyl (C=O) groups is 2. The Morgan fingerprint density at radius 2 is 1.62 bits per heavy atom. The summed E-state index contributed by atoms with van der Waals surface area (Å²) in [7, 11) is 0. The van der Waals surface area contributed by atoms with Gasteiger partial charge in [0.05, 0.1) is 5.69 Å². The number of hydrogen-bond acceptors (Lipinski definition) is 4. The zero-order chi connectivity index (χ0) is 32.7. The van der Waals surface area contributed by atoms with Crippen LogP contribution < -0.4 is 5.32 Å². The predicted octanol–water partition coefficient (Wildman–Crippen LogP) is 7.00. The third-order valence-corrected chi connectivity index (χ3v) is 12.0. The molecule has 0 unspecified atom stereocenters. The van der Waals surface area contributed by atoms with Gasteiger partial charge in [-0.05, 0) is 104 Å². The van der Waals surface area contributed by atoms with Crippen molar-refractivity contribution in [3.05, 3.63) is 78.0 Å². The number of piperazine rings is 1. The van der Waals surface area contributed by atoms with Gasteiger partial charge in [-0.1, -0.05) is 54.1 Å². The highest BCUT2D eigenvalue weighted by atomic mass is 16.2. The highest BCUT2D eigenvalue weighted by molar-refractivity contribution is 5.93. The molecule has 0 atom stereocenters. The second-order valence-corrected chi connectivity index (χ2v) is 15.5. The molecular weight excluding hydrogens is 594 g/mol. The van der Waals surface area contributed by atoms with Crippen LogP contribution in [0, 0.1) is 30.1 Å². The third-order valence-electron chi connectivity index (χ3n) is 12.0. The number of carbonyl (C=O) groups excluding carboxylic acids is 2. The Labute approximate surface area is 284 Å². The van der Waals surface area contributed by atoms with Crippen LogP contribution >= 0.6 is 0 Å². The number of amides is 2. The molecule has 4 aromatic rings. The van der Waals surface area contributed by atoms with Crippen molar-refractivity contribution in [2.45, 2.75) is 64.7 Å². The number of aromatic amines is 1. The summed E-state index contributed by atoms with van der Waals surface area (Å²) in [5, 5.41) is 4.24. The molecule has 250 valence electrons. The number of H-pyrrole nitrogens is 1. The predicted molar refractivity (Wildman–Crippen MR) is 191 cm³/mol. The van der Waals surface area contributed by atoms with Crippen LogP contribution in [0.1, 0.15) is 62.5 Å². The van der Waals surface area contributed by atoms with Gasteiger partial charge in [0.1, 0.15) is 5.65 Å². The number of nitrogens with zero attached hydrogens (tertiary/aromatic N) is 3. The Morgan fingerprint density at radius 3 is 2.35 bits per heavy atom. The van der Waals surface area contributed by atoms with E-state index in [0.29, 0.717) is 30.7 Å². The van der Waals surface area contributed by atoms with E-state index in [1.807, 2.05) is 18.3 Å². The minimum Gasteiger partial charge on any atom is -0.355 e. The van der Waals surface area contributed by atoms with Gasteiger partial charge >= 0.3 is 0 Å². The van der Waals surface area contributed by atoms with Gasteiger partial charge in [0.15, 0.2) is 0 Å². The van der Waals surface area contributed by atoms with Crippen LogP contribution in [0.5, 0.6) is 0 Å². The summed E-state index contributed by atoms with van der Waals surface area (Å²) in [6.45, 7) is 6.94. The van der Waals surface area contributed by atoms with Crippen molar-refractivity contribution in [3.8, 4) is 22.4 Å². The molecule has 2 aromatic heterocycles. The maximum absolute atomic E-state index is 13.4. The van der Waals surface area contributed by atoms with Gasteiger partial charge in [0.25, 0.3) is 0 Å². The molecule has 0 spiro atoms. The maximum atomic E-state index is 13.4. The van der Waals surface area contributed by atoms with Gasteiger partial charge < -0.3 is 15.2 Å². The maximum Gasteiger partial charge on any atom is 0.223 e. The van der Waals surface area contributed by atoms with Gasteiger partial charge in [0.2, 0.25) is 11.8 Å². The SMILES string of the molecule is Cc1ccc(-c2[nH]c3ncccc3c2CCC(=O)NCCN2CCN(C(=O)CC34CC5CC(CC(C5)C3)C4)CC2)c(-c2ccccc2)c1. The minimum absolute atomic E-state index is 0.0655. The summed E-state index contributed by atoms with van der Waals surface area (Å²) in [6.07, 6.45) is 11.8. The van der Waals surface area contributed by atoms with Gasteiger partial charge in [-0.15, -0.1) is 0 Å². The van der Waals surface area contributed by atoms with E-state index < -0.39 is 0 Å². The Bertz CT molecular complexity index is 1750. The molecule has 5 aliphatic rings. The number of pyridine rings is 1. The molecule has 7 nitrogen and oxygen atoms in total. The molecular formula is C41H49N5O2. The lowest BCUT2D eigenvalue weighted by atomic mass is 9.49. The Kier molecular flexibility index (Phi) is 8.58. The Morgan fingerprint density at radius 1 is 0.896 bits per heavy atom. The molecule has 3 heterocycles. The summed E-state index contributed by atoms with van der Waals surface area (Å²) in [5.74, 6) is 3.11. The van der Waals surface area contributed by atoms with Gasteiger partial charge in [-0.2, -0.15) is 0 Å². The fourth-order valence-corrected chi connectivity index (χ4v) is 10.1. The number of rotatable bonds is 10. The topological polar surface area (TPSA) is 81.3 Å². The van der Waals surface area contributed by atoms with Gasteiger partial charge in [-0.25, -0.2) is 4.98 Å².